The molecule has 1 aromatic heterocycles. The number of rotatable bonds is 2. The molecule has 0 aliphatic heterocycles. The summed E-state index contributed by atoms with van der Waals surface area (Å²) in [7, 11) is -4.33. The fourth-order valence-corrected chi connectivity index (χ4v) is 2.64. The molecule has 18 heavy (non-hydrogen) atoms. The molecule has 0 aliphatic rings. The Balaban J connectivity index is 2.74. The van der Waals surface area contributed by atoms with E-state index in [2.05, 4.69) is 5.10 Å². The second-order valence-electron chi connectivity index (χ2n) is 3.68. The third kappa shape index (κ3) is 2.20. The van der Waals surface area contributed by atoms with E-state index in [0.29, 0.717) is 11.3 Å². The number of nitrogens with one attached hydrogen (secondary N) is 1. The van der Waals surface area contributed by atoms with E-state index in [1.807, 2.05) is 0 Å². The third-order valence-corrected chi connectivity index (χ3v) is 3.52. The standard InChI is InChI=1S/C10H9ClN2O4S/c1-6-4-7(18(15,16)17)5-8(11)10(6)13-9(14)2-3-12-13/h2-5,12H,1H3,(H,15,16,17). The summed E-state index contributed by atoms with van der Waals surface area (Å²) in [5, 5.41) is 2.72. The number of aromatic amines is 1. The molecule has 0 radical (unpaired) electrons. The largest absolute Gasteiger partial charge is 0.298 e. The van der Waals surface area contributed by atoms with E-state index in [1.54, 1.807) is 6.92 Å². The average molecular weight is 289 g/mol. The first-order valence-electron chi connectivity index (χ1n) is 4.85. The monoisotopic (exact) mass is 288 g/mol. The Labute approximate surface area is 108 Å². The van der Waals surface area contributed by atoms with E-state index in [9.17, 15) is 13.2 Å². The summed E-state index contributed by atoms with van der Waals surface area (Å²) in [4.78, 5) is 11.2. The van der Waals surface area contributed by atoms with Crippen LogP contribution >= 0.6 is 11.6 Å². The number of hydrogen-bond donors (Lipinski definition) is 2. The molecule has 8 heteroatoms. The Morgan fingerprint density at radius 3 is 2.50 bits per heavy atom. The van der Waals surface area contributed by atoms with Crippen LogP contribution in [0.1, 0.15) is 5.56 Å². The molecule has 0 fully saturated rings. The lowest BCUT2D eigenvalue weighted by molar-refractivity contribution is 0.483. The molecule has 0 bridgehead atoms. The predicted octanol–water partition coefficient (Wildman–Crippen LogP) is 1.37. The second kappa shape index (κ2) is 4.27. The van der Waals surface area contributed by atoms with Crippen LogP contribution in [0.15, 0.2) is 34.1 Å². The molecular formula is C10H9ClN2O4S. The summed E-state index contributed by atoms with van der Waals surface area (Å²) in [5.41, 5.74) is 0.471. The highest BCUT2D eigenvalue weighted by Crippen LogP contribution is 2.26. The van der Waals surface area contributed by atoms with Crippen molar-refractivity contribution in [1.82, 2.24) is 9.78 Å². The van der Waals surface area contributed by atoms with E-state index in [4.69, 9.17) is 16.2 Å². The third-order valence-electron chi connectivity index (χ3n) is 2.40. The van der Waals surface area contributed by atoms with Crippen molar-refractivity contribution >= 4 is 21.7 Å². The Morgan fingerprint density at radius 2 is 2.06 bits per heavy atom. The van der Waals surface area contributed by atoms with Crippen LogP contribution in [-0.4, -0.2) is 22.8 Å². The van der Waals surface area contributed by atoms with Gasteiger partial charge in [0.05, 0.1) is 15.6 Å². The van der Waals surface area contributed by atoms with Crippen LogP contribution in [0.4, 0.5) is 0 Å². The van der Waals surface area contributed by atoms with Gasteiger partial charge in [-0.15, -0.1) is 0 Å². The van der Waals surface area contributed by atoms with Gasteiger partial charge < -0.3 is 0 Å². The van der Waals surface area contributed by atoms with Gasteiger partial charge in [0.15, 0.2) is 0 Å². The van der Waals surface area contributed by atoms with Crippen molar-refractivity contribution in [2.75, 3.05) is 0 Å². The van der Waals surface area contributed by atoms with Crippen LogP contribution in [0.5, 0.6) is 0 Å². The van der Waals surface area contributed by atoms with Crippen molar-refractivity contribution < 1.29 is 13.0 Å². The maximum absolute atomic E-state index is 11.5. The van der Waals surface area contributed by atoms with Crippen LogP contribution in [0.2, 0.25) is 5.02 Å². The minimum atomic E-state index is -4.33. The molecule has 0 saturated heterocycles. The summed E-state index contributed by atoms with van der Waals surface area (Å²) < 4.78 is 32.2. The van der Waals surface area contributed by atoms with Crippen molar-refractivity contribution in [3.8, 4) is 5.69 Å². The Morgan fingerprint density at radius 1 is 1.39 bits per heavy atom. The first-order chi connectivity index (χ1) is 8.30. The van der Waals surface area contributed by atoms with Gasteiger partial charge in [-0.2, -0.15) is 8.42 Å². The highest BCUT2D eigenvalue weighted by molar-refractivity contribution is 7.85. The van der Waals surface area contributed by atoms with Gasteiger partial charge in [0.25, 0.3) is 15.7 Å². The molecule has 1 aromatic carbocycles. The zero-order valence-electron chi connectivity index (χ0n) is 9.21. The summed E-state index contributed by atoms with van der Waals surface area (Å²) in [6.45, 7) is 1.59. The fourth-order valence-electron chi connectivity index (χ4n) is 1.63. The minimum absolute atomic E-state index is 0.0483. The van der Waals surface area contributed by atoms with Gasteiger partial charge in [0.2, 0.25) is 0 Å². The number of hydrogen-bond acceptors (Lipinski definition) is 3. The smallest absolute Gasteiger partial charge is 0.294 e. The zero-order chi connectivity index (χ0) is 13.5. The molecule has 2 rings (SSSR count). The lowest BCUT2D eigenvalue weighted by Crippen LogP contribution is -2.15. The summed E-state index contributed by atoms with van der Waals surface area (Å²) >= 11 is 5.95. The Bertz CT molecular complexity index is 737. The van der Waals surface area contributed by atoms with Crippen LogP contribution in [0.25, 0.3) is 5.69 Å². The van der Waals surface area contributed by atoms with Crippen molar-refractivity contribution in [1.29, 1.82) is 0 Å². The molecule has 0 atom stereocenters. The average Bonchev–Trinajstić information content (AvgIpc) is 2.62. The van der Waals surface area contributed by atoms with E-state index in [1.165, 1.54) is 23.0 Å². The van der Waals surface area contributed by atoms with Gasteiger partial charge >= 0.3 is 0 Å². The van der Waals surface area contributed by atoms with Crippen molar-refractivity contribution in [3.05, 3.63) is 45.3 Å². The lowest BCUT2D eigenvalue weighted by Gasteiger charge is -2.10. The maximum atomic E-state index is 11.5. The number of halogens is 1. The molecule has 0 spiro atoms. The molecule has 0 saturated carbocycles. The second-order valence-corrected chi connectivity index (χ2v) is 5.51. The van der Waals surface area contributed by atoms with Crippen LogP contribution in [-0.2, 0) is 10.1 Å². The minimum Gasteiger partial charge on any atom is -0.298 e. The fraction of sp³-hybridized carbons (Fsp3) is 0.100. The highest BCUT2D eigenvalue weighted by atomic mass is 35.5. The van der Waals surface area contributed by atoms with E-state index >= 15 is 0 Å². The van der Waals surface area contributed by atoms with Gasteiger partial charge in [-0.3, -0.25) is 14.4 Å². The SMILES string of the molecule is Cc1cc(S(=O)(=O)O)cc(Cl)c1-n1[nH]ccc1=O. The molecule has 0 amide bonds. The van der Waals surface area contributed by atoms with E-state index in [0.717, 1.165) is 6.07 Å². The van der Waals surface area contributed by atoms with E-state index < -0.39 is 10.1 Å². The van der Waals surface area contributed by atoms with Crippen LogP contribution in [0.3, 0.4) is 0 Å². The van der Waals surface area contributed by atoms with Crippen molar-refractivity contribution in [2.45, 2.75) is 11.8 Å². The molecule has 0 aliphatic carbocycles. The molecule has 2 N–H and O–H groups in total. The summed E-state index contributed by atoms with van der Waals surface area (Å²) in [6, 6.07) is 3.64. The number of aromatic nitrogens is 2. The van der Waals surface area contributed by atoms with Gasteiger partial charge in [-0.1, -0.05) is 11.6 Å². The predicted molar refractivity (Wildman–Crippen MR) is 66.0 cm³/mol. The Kier molecular flexibility index (Phi) is 3.05. The first-order valence-corrected chi connectivity index (χ1v) is 6.67. The molecule has 2 aromatic rings. The zero-order valence-corrected chi connectivity index (χ0v) is 10.8. The quantitative estimate of drug-likeness (QED) is 0.817. The van der Waals surface area contributed by atoms with Gasteiger partial charge in [-0.05, 0) is 24.6 Å². The number of aryl methyl sites for hydroxylation is 1. The van der Waals surface area contributed by atoms with Gasteiger partial charge in [0.1, 0.15) is 0 Å². The summed E-state index contributed by atoms with van der Waals surface area (Å²) in [6.07, 6.45) is 1.44. The van der Waals surface area contributed by atoms with E-state index in [-0.39, 0.29) is 15.5 Å². The van der Waals surface area contributed by atoms with Gasteiger partial charge in [-0.25, -0.2) is 4.68 Å². The normalized spacial score (nSPS) is 11.7. The maximum Gasteiger partial charge on any atom is 0.294 e. The molecule has 6 nitrogen and oxygen atoms in total. The van der Waals surface area contributed by atoms with Crippen molar-refractivity contribution in [3.63, 3.8) is 0 Å². The molecule has 1 heterocycles. The summed E-state index contributed by atoms with van der Waals surface area (Å²) in [5.74, 6) is 0. The number of benzene rings is 1. The highest BCUT2D eigenvalue weighted by Gasteiger charge is 2.16. The van der Waals surface area contributed by atoms with Crippen LogP contribution < -0.4 is 5.56 Å². The van der Waals surface area contributed by atoms with Crippen LogP contribution in [0, 0.1) is 6.92 Å². The van der Waals surface area contributed by atoms with Gasteiger partial charge in [0, 0.05) is 12.3 Å². The number of nitrogens with zero attached hydrogens (tertiary/aromatic N) is 1. The Hall–Kier alpha value is -1.57. The topological polar surface area (TPSA) is 92.2 Å². The number of H-pyrrole nitrogens is 1. The molecular weight excluding hydrogens is 280 g/mol. The lowest BCUT2D eigenvalue weighted by atomic mass is 10.2. The first kappa shape index (κ1) is 12.9. The van der Waals surface area contributed by atoms with Crippen molar-refractivity contribution in [2.24, 2.45) is 0 Å². The molecule has 96 valence electrons. The molecule has 0 unspecified atom stereocenters.